The van der Waals surface area contributed by atoms with Crippen LogP contribution < -0.4 is 5.32 Å². The number of rotatable bonds is 14. The number of thioether (sulfide) groups is 1. The summed E-state index contributed by atoms with van der Waals surface area (Å²) in [6, 6.07) is 9.42. The Bertz CT molecular complexity index is 1260. The quantitative estimate of drug-likeness (QED) is 0.318. The van der Waals surface area contributed by atoms with Crippen molar-refractivity contribution in [2.24, 2.45) is 5.92 Å². The second-order valence-electron chi connectivity index (χ2n) is 11.7. The van der Waals surface area contributed by atoms with Gasteiger partial charge in [0.15, 0.2) is 0 Å². The van der Waals surface area contributed by atoms with Gasteiger partial charge in [0.05, 0.1) is 24.4 Å². The molecule has 42 heavy (non-hydrogen) atoms. The monoisotopic (exact) mass is 594 g/mol. The summed E-state index contributed by atoms with van der Waals surface area (Å²) in [7, 11) is 0. The molecule has 6 atom stereocenters. The van der Waals surface area contributed by atoms with Gasteiger partial charge in [-0.1, -0.05) is 25.5 Å². The van der Waals surface area contributed by atoms with Gasteiger partial charge in [-0.15, -0.1) is 0 Å². The second kappa shape index (κ2) is 14.0. The molecule has 3 aliphatic rings. The first-order valence-corrected chi connectivity index (χ1v) is 16.5. The molecule has 3 aliphatic heterocycles. The molecule has 226 valence electrons. The Morgan fingerprint density at radius 3 is 2.79 bits per heavy atom. The van der Waals surface area contributed by atoms with E-state index in [9.17, 15) is 14.7 Å². The lowest BCUT2D eigenvalue weighted by Gasteiger charge is -2.33. The van der Waals surface area contributed by atoms with Crippen molar-refractivity contribution in [1.82, 2.24) is 24.7 Å². The maximum atomic E-state index is 13.6. The molecule has 0 radical (unpaired) electrons. The van der Waals surface area contributed by atoms with Crippen LogP contribution in [0.25, 0.3) is 0 Å². The van der Waals surface area contributed by atoms with Gasteiger partial charge in [0.2, 0.25) is 5.91 Å². The number of carbonyl (C=O) groups is 2. The van der Waals surface area contributed by atoms with Gasteiger partial charge in [0.1, 0.15) is 18.4 Å². The molecule has 2 N–H and O–H groups in total. The minimum absolute atomic E-state index is 0.0179. The highest BCUT2D eigenvalue weighted by molar-refractivity contribution is 7.98. The molecular formula is C31H42N6O4S. The van der Waals surface area contributed by atoms with Crippen LogP contribution in [0.4, 0.5) is 0 Å². The van der Waals surface area contributed by atoms with Gasteiger partial charge in [-0.3, -0.25) is 19.8 Å². The number of nitrogens with zero attached hydrogens (tertiary/aromatic N) is 5. The number of carboxylic acids is 1. The summed E-state index contributed by atoms with van der Waals surface area (Å²) in [5, 5.41) is 22.0. The number of amides is 1. The van der Waals surface area contributed by atoms with E-state index in [1.54, 1.807) is 24.3 Å². The zero-order valence-corrected chi connectivity index (χ0v) is 25.3. The van der Waals surface area contributed by atoms with Crippen LogP contribution in [0.2, 0.25) is 0 Å². The highest BCUT2D eigenvalue weighted by Gasteiger charge is 2.53. The average Bonchev–Trinajstić information content (AvgIpc) is 3.30. The number of imidazole rings is 1. The third-order valence-electron chi connectivity index (χ3n) is 9.06. The van der Waals surface area contributed by atoms with Crippen molar-refractivity contribution in [1.29, 1.82) is 5.26 Å². The number of hydrogen-bond acceptors (Lipinski definition) is 8. The maximum Gasteiger partial charge on any atom is 0.320 e. The van der Waals surface area contributed by atoms with Crippen molar-refractivity contribution in [3.8, 4) is 6.07 Å². The zero-order valence-electron chi connectivity index (χ0n) is 24.5. The Kier molecular flexibility index (Phi) is 10.2. The molecule has 1 aromatic carbocycles. The molecule has 0 saturated carbocycles. The highest BCUT2D eigenvalue weighted by atomic mass is 32.2. The van der Waals surface area contributed by atoms with E-state index in [0.29, 0.717) is 30.9 Å². The number of carboxylic acid groups (broad SMARTS) is 1. The summed E-state index contributed by atoms with van der Waals surface area (Å²) in [5.41, 5.74) is 2.56. The molecule has 0 bridgehead atoms. The van der Waals surface area contributed by atoms with E-state index in [4.69, 9.17) is 10.00 Å². The van der Waals surface area contributed by atoms with Gasteiger partial charge in [0, 0.05) is 43.6 Å². The van der Waals surface area contributed by atoms with Crippen molar-refractivity contribution in [3.63, 3.8) is 0 Å². The van der Waals surface area contributed by atoms with Crippen LogP contribution in [0.5, 0.6) is 0 Å². The fourth-order valence-electron chi connectivity index (χ4n) is 6.71. The Morgan fingerprint density at radius 1 is 1.26 bits per heavy atom. The van der Waals surface area contributed by atoms with Gasteiger partial charge >= 0.3 is 5.97 Å². The van der Waals surface area contributed by atoms with Crippen molar-refractivity contribution < 1.29 is 19.4 Å². The minimum Gasteiger partial charge on any atom is -0.480 e. The van der Waals surface area contributed by atoms with Gasteiger partial charge in [-0.25, -0.2) is 4.98 Å². The topological polar surface area (TPSA) is 127 Å². The normalized spacial score (nSPS) is 26.3. The molecule has 4 heterocycles. The number of likely N-dealkylation sites (tertiary alicyclic amines) is 2. The van der Waals surface area contributed by atoms with Crippen LogP contribution in [-0.2, 0) is 27.3 Å². The summed E-state index contributed by atoms with van der Waals surface area (Å²) in [5.74, 6) is 0.587. The molecule has 3 unspecified atom stereocenters. The lowest BCUT2D eigenvalue weighted by atomic mass is 9.94. The van der Waals surface area contributed by atoms with Crippen LogP contribution in [-0.4, -0.2) is 98.4 Å². The van der Waals surface area contributed by atoms with Crippen LogP contribution >= 0.6 is 11.8 Å². The number of aromatic nitrogens is 2. The van der Waals surface area contributed by atoms with Gasteiger partial charge in [-0.05, 0) is 67.9 Å². The summed E-state index contributed by atoms with van der Waals surface area (Å²) in [4.78, 5) is 34.2. The van der Waals surface area contributed by atoms with Crippen LogP contribution in [0, 0.1) is 17.2 Å². The number of nitriles is 1. The van der Waals surface area contributed by atoms with Crippen molar-refractivity contribution in [2.75, 3.05) is 31.6 Å². The summed E-state index contributed by atoms with van der Waals surface area (Å²) in [6.45, 7) is 5.38. The Labute approximate surface area is 252 Å². The molecule has 1 amide bonds. The summed E-state index contributed by atoms with van der Waals surface area (Å²) < 4.78 is 8.09. The van der Waals surface area contributed by atoms with Crippen molar-refractivity contribution >= 4 is 23.6 Å². The third-order valence-corrected chi connectivity index (χ3v) is 9.71. The van der Waals surface area contributed by atoms with E-state index < -0.39 is 12.0 Å². The largest absolute Gasteiger partial charge is 0.480 e. The van der Waals surface area contributed by atoms with E-state index in [-0.39, 0.29) is 30.3 Å². The SMILES string of the molecule is CC[C@H]1CCN(CC2CCCN2C(=O)Cc2cncn2Cc2ccc(C#N)cc2)[C@@H]1C1OC1N[C@@H](CCSC)C(=O)O. The Balaban J connectivity index is 1.19. The Hall–Kier alpha value is -2.91. The molecule has 2 aromatic rings. The fraction of sp³-hybridized carbons (Fsp3) is 0.613. The van der Waals surface area contributed by atoms with Crippen LogP contribution in [0.1, 0.15) is 55.8 Å². The van der Waals surface area contributed by atoms with E-state index in [2.05, 4.69) is 33.1 Å². The maximum absolute atomic E-state index is 13.6. The lowest BCUT2D eigenvalue weighted by molar-refractivity contribution is -0.139. The van der Waals surface area contributed by atoms with Gasteiger partial charge < -0.3 is 19.3 Å². The van der Waals surface area contributed by atoms with E-state index in [1.165, 1.54) is 0 Å². The van der Waals surface area contributed by atoms with E-state index in [0.717, 1.165) is 62.3 Å². The lowest BCUT2D eigenvalue weighted by Crippen LogP contribution is -2.49. The van der Waals surface area contributed by atoms with E-state index >= 15 is 0 Å². The van der Waals surface area contributed by atoms with Crippen LogP contribution in [0.15, 0.2) is 36.8 Å². The predicted octanol–water partition coefficient (Wildman–Crippen LogP) is 2.96. The minimum atomic E-state index is -0.827. The first kappa shape index (κ1) is 30.5. The Morgan fingerprint density at radius 2 is 2.07 bits per heavy atom. The van der Waals surface area contributed by atoms with Crippen LogP contribution in [0.3, 0.4) is 0 Å². The summed E-state index contributed by atoms with van der Waals surface area (Å²) >= 11 is 1.65. The number of ether oxygens (including phenoxy) is 1. The number of carbonyl (C=O) groups excluding carboxylic acids is 1. The van der Waals surface area contributed by atoms with E-state index in [1.807, 2.05) is 35.1 Å². The molecule has 10 nitrogen and oxygen atoms in total. The molecular weight excluding hydrogens is 552 g/mol. The number of epoxide rings is 1. The van der Waals surface area contributed by atoms with Crippen molar-refractivity contribution in [3.05, 3.63) is 53.6 Å². The smallest absolute Gasteiger partial charge is 0.320 e. The molecule has 11 heteroatoms. The molecule has 0 aliphatic carbocycles. The first-order chi connectivity index (χ1) is 20.4. The number of nitrogens with one attached hydrogen (secondary N) is 1. The van der Waals surface area contributed by atoms with Crippen molar-refractivity contribution in [2.45, 2.75) is 82.5 Å². The summed E-state index contributed by atoms with van der Waals surface area (Å²) in [6.07, 6.45) is 10.3. The zero-order chi connectivity index (χ0) is 29.6. The second-order valence-corrected chi connectivity index (χ2v) is 12.7. The number of hydrogen-bond donors (Lipinski definition) is 2. The third kappa shape index (κ3) is 7.17. The molecule has 1 aromatic heterocycles. The fourth-order valence-corrected chi connectivity index (χ4v) is 7.19. The molecule has 3 fully saturated rings. The average molecular weight is 595 g/mol. The predicted molar refractivity (Wildman–Crippen MR) is 161 cm³/mol. The number of aliphatic carboxylic acids is 1. The highest BCUT2D eigenvalue weighted by Crippen LogP contribution is 2.39. The first-order valence-electron chi connectivity index (χ1n) is 15.1. The number of benzene rings is 1. The molecule has 3 saturated heterocycles. The van der Waals surface area contributed by atoms with Gasteiger partial charge in [-0.2, -0.15) is 17.0 Å². The molecule has 0 spiro atoms. The molecule has 5 rings (SSSR count). The standard InChI is InChI=1S/C31H42N6O4S/c1-3-23-10-13-35(28(23)29-30(41-29)34-26(31(39)40)11-14-42-2)19-24-5-4-12-37(24)27(38)15-25-17-33-20-36(25)18-22-8-6-21(16-32)7-9-22/h6-9,17,20,23-24,26,28-30,34H,3-5,10-15,18-19H2,1-2H3,(H,39,40)/t23-,24?,26-,28-,29?,30?/m0/s1. The van der Waals surface area contributed by atoms with Gasteiger partial charge in [0.25, 0.3) is 0 Å².